The van der Waals surface area contributed by atoms with Crippen LogP contribution in [0, 0.1) is 5.41 Å². The van der Waals surface area contributed by atoms with E-state index in [0.717, 1.165) is 16.6 Å². The zero-order valence-electron chi connectivity index (χ0n) is 14.0. The lowest BCUT2D eigenvalue weighted by molar-refractivity contribution is -0.133. The van der Waals surface area contributed by atoms with Crippen LogP contribution in [0.2, 0.25) is 0 Å². The predicted molar refractivity (Wildman–Crippen MR) is 95.9 cm³/mol. The normalized spacial score (nSPS) is 11.5. The van der Waals surface area contributed by atoms with Crippen molar-refractivity contribution in [2.75, 3.05) is 6.54 Å². The molecule has 0 aliphatic carbocycles. The van der Waals surface area contributed by atoms with E-state index in [4.69, 9.17) is 0 Å². The van der Waals surface area contributed by atoms with Gasteiger partial charge in [0.1, 0.15) is 0 Å². The van der Waals surface area contributed by atoms with E-state index in [1.54, 1.807) is 12.5 Å². The SMILES string of the molecule is CC(C)(C)CC(=O)N(CCn1ccnc1)Cc1ccccc1Br. The molecule has 0 saturated carbocycles. The van der Waals surface area contributed by atoms with Crippen molar-refractivity contribution in [3.8, 4) is 0 Å². The summed E-state index contributed by atoms with van der Waals surface area (Å²) >= 11 is 3.57. The van der Waals surface area contributed by atoms with Crippen molar-refractivity contribution in [2.24, 2.45) is 5.41 Å². The smallest absolute Gasteiger partial charge is 0.223 e. The average Bonchev–Trinajstić information content (AvgIpc) is 2.96. The zero-order valence-corrected chi connectivity index (χ0v) is 15.6. The predicted octanol–water partition coefficient (Wildman–Crippen LogP) is 4.11. The van der Waals surface area contributed by atoms with Crippen molar-refractivity contribution in [1.29, 1.82) is 0 Å². The van der Waals surface area contributed by atoms with Crippen molar-refractivity contribution in [3.05, 3.63) is 53.0 Å². The monoisotopic (exact) mass is 377 g/mol. The Morgan fingerprint density at radius 1 is 1.30 bits per heavy atom. The van der Waals surface area contributed by atoms with Gasteiger partial charge in [-0.2, -0.15) is 0 Å². The number of hydrogen-bond donors (Lipinski definition) is 0. The topological polar surface area (TPSA) is 38.1 Å². The number of carbonyl (C=O) groups is 1. The molecule has 2 aromatic rings. The molecular weight excluding hydrogens is 354 g/mol. The Morgan fingerprint density at radius 2 is 2.04 bits per heavy atom. The maximum atomic E-state index is 12.7. The van der Waals surface area contributed by atoms with Crippen LogP contribution in [-0.4, -0.2) is 26.9 Å². The molecule has 0 radical (unpaired) electrons. The average molecular weight is 378 g/mol. The molecule has 1 amide bonds. The second-order valence-corrected chi connectivity index (χ2v) is 7.80. The van der Waals surface area contributed by atoms with Crippen molar-refractivity contribution < 1.29 is 4.79 Å². The summed E-state index contributed by atoms with van der Waals surface area (Å²) in [4.78, 5) is 18.7. The third-order valence-electron chi connectivity index (χ3n) is 3.54. The van der Waals surface area contributed by atoms with E-state index in [0.29, 0.717) is 19.5 Å². The molecule has 0 N–H and O–H groups in total. The van der Waals surface area contributed by atoms with Gasteiger partial charge in [0.2, 0.25) is 5.91 Å². The lowest BCUT2D eigenvalue weighted by Gasteiger charge is -2.27. The minimum Gasteiger partial charge on any atom is -0.337 e. The third kappa shape index (κ3) is 5.82. The van der Waals surface area contributed by atoms with Gasteiger partial charge >= 0.3 is 0 Å². The van der Waals surface area contributed by atoms with E-state index >= 15 is 0 Å². The van der Waals surface area contributed by atoms with E-state index in [-0.39, 0.29) is 11.3 Å². The number of halogens is 1. The molecule has 0 aliphatic rings. The molecule has 0 spiro atoms. The highest BCUT2D eigenvalue weighted by molar-refractivity contribution is 9.10. The lowest BCUT2D eigenvalue weighted by atomic mass is 9.91. The standard InChI is InChI=1S/C18H24BrN3O/c1-18(2,3)12-17(23)22(11-10-21-9-8-20-14-21)13-15-6-4-5-7-16(15)19/h4-9,14H,10-13H2,1-3H3. The Labute approximate surface area is 146 Å². The maximum absolute atomic E-state index is 12.7. The second kappa shape index (κ2) is 7.77. The first-order valence-corrected chi connectivity index (χ1v) is 8.61. The molecule has 23 heavy (non-hydrogen) atoms. The largest absolute Gasteiger partial charge is 0.337 e. The maximum Gasteiger partial charge on any atom is 0.223 e. The van der Waals surface area contributed by atoms with Crippen LogP contribution in [0.4, 0.5) is 0 Å². The van der Waals surface area contributed by atoms with Gasteiger partial charge < -0.3 is 9.47 Å². The fraction of sp³-hybridized carbons (Fsp3) is 0.444. The van der Waals surface area contributed by atoms with E-state index in [2.05, 4.69) is 47.8 Å². The minimum atomic E-state index is -0.0156. The summed E-state index contributed by atoms with van der Waals surface area (Å²) in [7, 11) is 0. The molecule has 0 unspecified atom stereocenters. The number of imidazole rings is 1. The fourth-order valence-corrected chi connectivity index (χ4v) is 2.76. The molecule has 4 nitrogen and oxygen atoms in total. The summed E-state index contributed by atoms with van der Waals surface area (Å²) in [6, 6.07) is 8.05. The highest BCUT2D eigenvalue weighted by Gasteiger charge is 2.21. The molecule has 0 atom stereocenters. The molecule has 1 aromatic carbocycles. The first-order chi connectivity index (χ1) is 10.8. The van der Waals surface area contributed by atoms with Crippen LogP contribution in [0.1, 0.15) is 32.8 Å². The van der Waals surface area contributed by atoms with Crippen LogP contribution < -0.4 is 0 Å². The Morgan fingerprint density at radius 3 is 2.65 bits per heavy atom. The van der Waals surface area contributed by atoms with Gasteiger partial charge in [-0.15, -0.1) is 0 Å². The summed E-state index contributed by atoms with van der Waals surface area (Å²) in [5.41, 5.74) is 1.11. The Hall–Kier alpha value is -1.62. The number of carbonyl (C=O) groups excluding carboxylic acids is 1. The number of amides is 1. The van der Waals surface area contributed by atoms with Crippen LogP contribution in [0.25, 0.3) is 0 Å². The van der Waals surface area contributed by atoms with Gasteiger partial charge in [0.15, 0.2) is 0 Å². The highest BCUT2D eigenvalue weighted by atomic mass is 79.9. The van der Waals surface area contributed by atoms with Gasteiger partial charge in [0, 0.05) is 42.9 Å². The van der Waals surface area contributed by atoms with Crippen LogP contribution in [0.5, 0.6) is 0 Å². The Bertz CT molecular complexity index is 632. The van der Waals surface area contributed by atoms with Gasteiger partial charge in [-0.1, -0.05) is 54.9 Å². The van der Waals surface area contributed by atoms with Crippen molar-refractivity contribution in [3.63, 3.8) is 0 Å². The summed E-state index contributed by atoms with van der Waals surface area (Å²) in [6.45, 7) is 8.32. The molecule has 1 aromatic heterocycles. The molecule has 5 heteroatoms. The van der Waals surface area contributed by atoms with Gasteiger partial charge in [0.25, 0.3) is 0 Å². The Kier molecular flexibility index (Phi) is 5.99. The quantitative estimate of drug-likeness (QED) is 0.759. The molecule has 0 bridgehead atoms. The van der Waals surface area contributed by atoms with Crippen molar-refractivity contribution >= 4 is 21.8 Å². The molecule has 0 fully saturated rings. The first-order valence-electron chi connectivity index (χ1n) is 7.82. The number of hydrogen-bond acceptors (Lipinski definition) is 2. The summed E-state index contributed by atoms with van der Waals surface area (Å²) < 4.78 is 3.04. The lowest BCUT2D eigenvalue weighted by Crippen LogP contribution is -2.35. The Balaban J connectivity index is 2.10. The van der Waals surface area contributed by atoms with Gasteiger partial charge in [-0.3, -0.25) is 4.79 Å². The van der Waals surface area contributed by atoms with E-state index < -0.39 is 0 Å². The number of rotatable bonds is 6. The fourth-order valence-electron chi connectivity index (χ4n) is 2.34. The molecule has 124 valence electrons. The second-order valence-electron chi connectivity index (χ2n) is 6.94. The van der Waals surface area contributed by atoms with Crippen LogP contribution in [0.15, 0.2) is 47.5 Å². The summed E-state index contributed by atoms with van der Waals surface area (Å²) in [5, 5.41) is 0. The van der Waals surface area contributed by atoms with Crippen molar-refractivity contribution in [2.45, 2.75) is 40.3 Å². The first kappa shape index (κ1) is 17.7. The summed E-state index contributed by atoms with van der Waals surface area (Å²) in [6.07, 6.45) is 6.01. The van der Waals surface area contributed by atoms with E-state index in [1.807, 2.05) is 33.9 Å². The molecule has 0 saturated heterocycles. The molecular formula is C18H24BrN3O. The molecule has 0 aliphatic heterocycles. The van der Waals surface area contributed by atoms with Gasteiger partial charge in [-0.05, 0) is 17.0 Å². The molecule has 2 rings (SSSR count). The van der Waals surface area contributed by atoms with Gasteiger partial charge in [-0.25, -0.2) is 4.98 Å². The summed E-state index contributed by atoms with van der Waals surface area (Å²) in [5.74, 6) is 0.188. The van der Waals surface area contributed by atoms with Crippen molar-refractivity contribution in [1.82, 2.24) is 14.5 Å². The highest BCUT2D eigenvalue weighted by Crippen LogP contribution is 2.22. The van der Waals surface area contributed by atoms with Crippen LogP contribution in [0.3, 0.4) is 0 Å². The van der Waals surface area contributed by atoms with E-state index in [1.165, 1.54) is 0 Å². The number of nitrogens with zero attached hydrogens (tertiary/aromatic N) is 3. The minimum absolute atomic E-state index is 0.0156. The third-order valence-corrected chi connectivity index (χ3v) is 4.31. The van der Waals surface area contributed by atoms with Gasteiger partial charge in [0.05, 0.1) is 6.33 Å². The number of benzene rings is 1. The van der Waals surface area contributed by atoms with Crippen LogP contribution >= 0.6 is 15.9 Å². The molecule has 1 heterocycles. The number of aromatic nitrogens is 2. The van der Waals surface area contributed by atoms with Crippen LogP contribution in [-0.2, 0) is 17.9 Å². The van der Waals surface area contributed by atoms with E-state index in [9.17, 15) is 4.79 Å². The zero-order chi connectivity index (χ0) is 16.9.